The van der Waals surface area contributed by atoms with Crippen LogP contribution in [0, 0.1) is 18.8 Å². The van der Waals surface area contributed by atoms with Gasteiger partial charge >= 0.3 is 0 Å². The normalized spacial score (nSPS) is 24.0. The fourth-order valence-electron chi connectivity index (χ4n) is 3.01. The molecule has 2 unspecified atom stereocenters. The van der Waals surface area contributed by atoms with Crippen molar-refractivity contribution in [3.05, 3.63) is 22.2 Å². The van der Waals surface area contributed by atoms with Gasteiger partial charge in [-0.1, -0.05) is 13.8 Å². The van der Waals surface area contributed by atoms with E-state index in [1.807, 2.05) is 6.92 Å². The molecule has 0 spiro atoms. The highest BCUT2D eigenvalue weighted by Gasteiger charge is 2.33. The molecule has 1 aliphatic heterocycles. The number of nitrogens with zero attached hydrogens (tertiary/aromatic N) is 1. The predicted molar refractivity (Wildman–Crippen MR) is 87.1 cm³/mol. The Morgan fingerprint density at radius 3 is 2.33 bits per heavy atom. The van der Waals surface area contributed by atoms with Gasteiger partial charge in [-0.2, -0.15) is 4.31 Å². The number of methoxy groups -OCH3 is 1. The minimum Gasteiger partial charge on any atom is -0.496 e. The van der Waals surface area contributed by atoms with Gasteiger partial charge in [-0.3, -0.25) is 0 Å². The highest BCUT2D eigenvalue weighted by atomic mass is 79.9. The summed E-state index contributed by atoms with van der Waals surface area (Å²) in [5.74, 6) is 1.32. The van der Waals surface area contributed by atoms with E-state index >= 15 is 0 Å². The zero-order chi connectivity index (χ0) is 15.8. The highest BCUT2D eigenvalue weighted by Crippen LogP contribution is 2.33. The molecule has 0 aliphatic carbocycles. The van der Waals surface area contributed by atoms with Crippen molar-refractivity contribution in [1.82, 2.24) is 4.31 Å². The molecule has 1 fully saturated rings. The number of benzene rings is 1. The first kappa shape index (κ1) is 16.8. The predicted octanol–water partition coefficient (Wildman–Crippen LogP) is 3.43. The maximum Gasteiger partial charge on any atom is 0.243 e. The lowest BCUT2D eigenvalue weighted by Gasteiger charge is -2.34. The van der Waals surface area contributed by atoms with Crippen molar-refractivity contribution < 1.29 is 13.2 Å². The molecule has 0 amide bonds. The van der Waals surface area contributed by atoms with E-state index in [9.17, 15) is 8.42 Å². The maximum absolute atomic E-state index is 12.9. The van der Waals surface area contributed by atoms with Gasteiger partial charge in [0, 0.05) is 19.2 Å². The molecule has 21 heavy (non-hydrogen) atoms. The van der Waals surface area contributed by atoms with E-state index in [0.29, 0.717) is 35.6 Å². The van der Waals surface area contributed by atoms with E-state index < -0.39 is 10.0 Å². The average Bonchev–Trinajstić information content (AvgIpc) is 2.37. The first-order valence-electron chi connectivity index (χ1n) is 7.10. The van der Waals surface area contributed by atoms with E-state index in [2.05, 4.69) is 29.8 Å². The molecule has 0 aromatic heterocycles. The number of ether oxygens (including phenoxy) is 1. The van der Waals surface area contributed by atoms with Crippen molar-refractivity contribution in [3.8, 4) is 5.75 Å². The van der Waals surface area contributed by atoms with E-state index in [1.54, 1.807) is 16.4 Å². The molecule has 118 valence electrons. The fourth-order valence-corrected chi connectivity index (χ4v) is 5.53. The molecule has 1 aromatic rings. The van der Waals surface area contributed by atoms with E-state index in [0.717, 1.165) is 16.5 Å². The van der Waals surface area contributed by atoms with E-state index in [4.69, 9.17) is 4.74 Å². The summed E-state index contributed by atoms with van der Waals surface area (Å²) >= 11 is 3.39. The van der Waals surface area contributed by atoms with Crippen molar-refractivity contribution in [2.45, 2.75) is 32.1 Å². The maximum atomic E-state index is 12.9. The number of piperidine rings is 1. The van der Waals surface area contributed by atoms with Crippen LogP contribution in [0.5, 0.6) is 5.75 Å². The summed E-state index contributed by atoms with van der Waals surface area (Å²) in [7, 11) is -1.94. The van der Waals surface area contributed by atoms with Gasteiger partial charge in [-0.15, -0.1) is 0 Å². The molecule has 0 N–H and O–H groups in total. The van der Waals surface area contributed by atoms with Gasteiger partial charge in [0.05, 0.1) is 16.5 Å². The van der Waals surface area contributed by atoms with Crippen LogP contribution in [0.25, 0.3) is 0 Å². The minimum absolute atomic E-state index is 0.337. The molecule has 1 aromatic carbocycles. The van der Waals surface area contributed by atoms with Gasteiger partial charge in [0.2, 0.25) is 10.0 Å². The van der Waals surface area contributed by atoms with Gasteiger partial charge < -0.3 is 4.74 Å². The van der Waals surface area contributed by atoms with Crippen LogP contribution in [0.2, 0.25) is 0 Å². The van der Waals surface area contributed by atoms with E-state index in [-0.39, 0.29) is 0 Å². The molecule has 2 atom stereocenters. The Bertz CT molecular complexity index is 620. The van der Waals surface area contributed by atoms with E-state index in [1.165, 1.54) is 7.11 Å². The largest absolute Gasteiger partial charge is 0.496 e. The SMILES string of the molecule is COc1cc(S(=O)(=O)N2CC(C)CC(C)C2)c(C)cc1Br. The van der Waals surface area contributed by atoms with Crippen molar-refractivity contribution in [2.75, 3.05) is 20.2 Å². The number of hydrogen-bond donors (Lipinski definition) is 0. The van der Waals surface area contributed by atoms with Gasteiger partial charge in [-0.25, -0.2) is 8.42 Å². The number of halogens is 1. The van der Waals surface area contributed by atoms with Gasteiger partial charge in [0.25, 0.3) is 0 Å². The molecule has 1 aliphatic rings. The quantitative estimate of drug-likeness (QED) is 0.812. The third kappa shape index (κ3) is 3.43. The zero-order valence-electron chi connectivity index (χ0n) is 12.9. The lowest BCUT2D eigenvalue weighted by atomic mass is 9.94. The Hall–Kier alpha value is -0.590. The lowest BCUT2D eigenvalue weighted by Crippen LogP contribution is -2.42. The van der Waals surface area contributed by atoms with Crippen LogP contribution in [-0.2, 0) is 10.0 Å². The summed E-state index contributed by atoms with van der Waals surface area (Å²) < 4.78 is 33.5. The monoisotopic (exact) mass is 375 g/mol. The summed E-state index contributed by atoms with van der Waals surface area (Å²) in [6, 6.07) is 3.40. The summed E-state index contributed by atoms with van der Waals surface area (Å²) in [6.07, 6.45) is 1.08. The zero-order valence-corrected chi connectivity index (χ0v) is 15.3. The van der Waals surface area contributed by atoms with Gasteiger partial charge in [0.1, 0.15) is 5.75 Å². The smallest absolute Gasteiger partial charge is 0.243 e. The second-order valence-corrected chi connectivity index (χ2v) is 8.78. The second-order valence-electron chi connectivity index (χ2n) is 6.02. The van der Waals surface area contributed by atoms with Crippen molar-refractivity contribution in [3.63, 3.8) is 0 Å². The van der Waals surface area contributed by atoms with Crippen LogP contribution in [0.4, 0.5) is 0 Å². The Kier molecular flexibility index (Phi) is 5.00. The molecule has 0 saturated carbocycles. The van der Waals surface area contributed by atoms with Crippen LogP contribution in [0.15, 0.2) is 21.5 Å². The molecule has 0 bridgehead atoms. The fraction of sp³-hybridized carbons (Fsp3) is 0.600. The van der Waals surface area contributed by atoms with Crippen LogP contribution in [-0.4, -0.2) is 32.9 Å². The van der Waals surface area contributed by atoms with Crippen molar-refractivity contribution in [1.29, 1.82) is 0 Å². The van der Waals surface area contributed by atoms with Gasteiger partial charge in [0.15, 0.2) is 0 Å². The number of aryl methyl sites for hydroxylation is 1. The first-order chi connectivity index (χ1) is 9.75. The lowest BCUT2D eigenvalue weighted by molar-refractivity contribution is 0.222. The van der Waals surface area contributed by atoms with Gasteiger partial charge in [-0.05, 0) is 52.7 Å². The third-order valence-corrected chi connectivity index (χ3v) is 6.50. The molecule has 2 rings (SSSR count). The summed E-state index contributed by atoms with van der Waals surface area (Å²) in [6.45, 7) is 7.20. The van der Waals surface area contributed by atoms with Crippen LogP contribution in [0.3, 0.4) is 0 Å². The topological polar surface area (TPSA) is 46.6 Å². The molecule has 4 nitrogen and oxygen atoms in total. The second kappa shape index (κ2) is 6.26. The molecular formula is C15H22BrNO3S. The molecule has 1 saturated heterocycles. The minimum atomic E-state index is -3.48. The Balaban J connectivity index is 2.44. The standard InChI is InChI=1S/C15H22BrNO3S/c1-10-5-11(2)9-17(8-10)21(18,19)15-7-14(20-4)13(16)6-12(15)3/h6-7,10-11H,5,8-9H2,1-4H3. The number of rotatable bonds is 3. The summed E-state index contributed by atoms with van der Waals surface area (Å²) in [5, 5.41) is 0. The average molecular weight is 376 g/mol. The molecular weight excluding hydrogens is 354 g/mol. The summed E-state index contributed by atoms with van der Waals surface area (Å²) in [4.78, 5) is 0.337. The summed E-state index contributed by atoms with van der Waals surface area (Å²) in [5.41, 5.74) is 0.730. The number of sulfonamides is 1. The third-order valence-electron chi connectivity index (χ3n) is 3.90. The molecule has 1 heterocycles. The molecule has 0 radical (unpaired) electrons. The van der Waals surface area contributed by atoms with Crippen LogP contribution in [0.1, 0.15) is 25.8 Å². The Labute approximate surface area is 135 Å². The van der Waals surface area contributed by atoms with Crippen molar-refractivity contribution in [2.24, 2.45) is 11.8 Å². The van der Waals surface area contributed by atoms with Crippen LogP contribution >= 0.6 is 15.9 Å². The molecule has 6 heteroatoms. The number of hydrogen-bond acceptors (Lipinski definition) is 3. The van der Waals surface area contributed by atoms with Crippen molar-refractivity contribution >= 4 is 26.0 Å². The Morgan fingerprint density at radius 1 is 1.24 bits per heavy atom. The van der Waals surface area contributed by atoms with Crippen LogP contribution < -0.4 is 4.74 Å². The first-order valence-corrected chi connectivity index (χ1v) is 9.33. The highest BCUT2D eigenvalue weighted by molar-refractivity contribution is 9.10. The Morgan fingerprint density at radius 2 is 1.81 bits per heavy atom.